The Morgan fingerprint density at radius 3 is 2.53 bits per heavy atom. The van der Waals surface area contributed by atoms with Crippen LogP contribution in [0.2, 0.25) is 0 Å². The Kier molecular flexibility index (Phi) is 4.32. The molecule has 0 atom stereocenters. The molecule has 0 spiro atoms. The average molecular weight is 322 g/mol. The number of carbonyl (C=O) groups excluding carboxylic acids is 1. The molecule has 0 aromatic heterocycles. The minimum Gasteiger partial charge on any atom is -0.337 e. The lowest BCUT2D eigenvalue weighted by Crippen LogP contribution is -2.26. The summed E-state index contributed by atoms with van der Waals surface area (Å²) in [4.78, 5) is 13.8. The first-order valence-electron chi connectivity index (χ1n) is 5.83. The van der Waals surface area contributed by atoms with Gasteiger partial charge in [-0.15, -0.1) is 0 Å². The van der Waals surface area contributed by atoms with Gasteiger partial charge < -0.3 is 4.90 Å². The van der Waals surface area contributed by atoms with Crippen LogP contribution in [0.15, 0.2) is 53.0 Å². The molecule has 0 bridgehead atoms. The third-order valence-corrected chi connectivity index (χ3v) is 3.60. The number of carbonyl (C=O) groups is 1. The van der Waals surface area contributed by atoms with E-state index in [-0.39, 0.29) is 10.4 Å². The molecule has 2 aromatic carbocycles. The highest BCUT2D eigenvalue weighted by atomic mass is 79.9. The molecule has 0 aliphatic heterocycles. The molecule has 0 saturated heterocycles. The normalized spacial score (nSPS) is 10.3. The van der Waals surface area contributed by atoms with Crippen LogP contribution in [0.4, 0.5) is 4.39 Å². The molecule has 2 nitrogen and oxygen atoms in total. The smallest absolute Gasteiger partial charge is 0.255 e. The Hall–Kier alpha value is -1.68. The summed E-state index contributed by atoms with van der Waals surface area (Å²) in [5.74, 6) is -0.644. The second-order valence-electron chi connectivity index (χ2n) is 4.25. The van der Waals surface area contributed by atoms with Crippen molar-refractivity contribution in [3.63, 3.8) is 0 Å². The van der Waals surface area contributed by atoms with Crippen LogP contribution < -0.4 is 0 Å². The van der Waals surface area contributed by atoms with Crippen LogP contribution in [-0.4, -0.2) is 17.9 Å². The maximum atomic E-state index is 13.4. The Balaban J connectivity index is 2.18. The lowest BCUT2D eigenvalue weighted by molar-refractivity contribution is 0.0783. The number of hydrogen-bond donors (Lipinski definition) is 0. The van der Waals surface area contributed by atoms with E-state index in [9.17, 15) is 9.18 Å². The molecular formula is C15H13BrFNO. The molecular weight excluding hydrogens is 309 g/mol. The summed E-state index contributed by atoms with van der Waals surface area (Å²) in [5, 5.41) is 0. The van der Waals surface area contributed by atoms with Gasteiger partial charge in [-0.25, -0.2) is 4.39 Å². The first-order valence-corrected chi connectivity index (χ1v) is 6.62. The number of nitrogens with zero attached hydrogens (tertiary/aromatic N) is 1. The zero-order chi connectivity index (χ0) is 13.8. The summed E-state index contributed by atoms with van der Waals surface area (Å²) in [5.41, 5.74) is 1.37. The molecule has 19 heavy (non-hydrogen) atoms. The summed E-state index contributed by atoms with van der Waals surface area (Å²) in [6.07, 6.45) is 0. The molecule has 0 heterocycles. The van der Waals surface area contributed by atoms with Crippen molar-refractivity contribution in [3.05, 3.63) is 69.9 Å². The van der Waals surface area contributed by atoms with E-state index in [0.29, 0.717) is 12.1 Å². The molecule has 0 fully saturated rings. The van der Waals surface area contributed by atoms with Gasteiger partial charge in [0, 0.05) is 13.6 Å². The zero-order valence-corrected chi connectivity index (χ0v) is 12.0. The minimum atomic E-state index is -0.432. The van der Waals surface area contributed by atoms with E-state index >= 15 is 0 Å². The molecule has 4 heteroatoms. The maximum Gasteiger partial charge on any atom is 0.255 e. The van der Waals surface area contributed by atoms with Crippen molar-refractivity contribution in [2.75, 3.05) is 7.05 Å². The summed E-state index contributed by atoms with van der Waals surface area (Å²) in [6.45, 7) is 0.489. The van der Waals surface area contributed by atoms with Crippen molar-refractivity contribution in [2.45, 2.75) is 6.54 Å². The van der Waals surface area contributed by atoms with Crippen molar-refractivity contribution >= 4 is 21.8 Å². The Labute approximate surface area is 120 Å². The molecule has 0 N–H and O–H groups in total. The maximum absolute atomic E-state index is 13.4. The molecule has 0 radical (unpaired) electrons. The third-order valence-electron chi connectivity index (χ3n) is 2.79. The van der Waals surface area contributed by atoms with E-state index < -0.39 is 5.82 Å². The first-order chi connectivity index (χ1) is 9.09. The molecule has 0 aliphatic carbocycles. The van der Waals surface area contributed by atoms with E-state index in [0.717, 1.165) is 5.56 Å². The fourth-order valence-corrected chi connectivity index (χ4v) is 2.24. The van der Waals surface area contributed by atoms with Crippen LogP contribution in [0.1, 0.15) is 15.9 Å². The Morgan fingerprint density at radius 1 is 1.16 bits per heavy atom. The lowest BCUT2D eigenvalue weighted by Gasteiger charge is -2.18. The van der Waals surface area contributed by atoms with Gasteiger partial charge in [0.25, 0.3) is 5.91 Å². The second-order valence-corrected chi connectivity index (χ2v) is 5.04. The van der Waals surface area contributed by atoms with Crippen LogP contribution in [0.25, 0.3) is 0 Å². The summed E-state index contributed by atoms with van der Waals surface area (Å²) < 4.78 is 13.6. The largest absolute Gasteiger partial charge is 0.337 e. The van der Waals surface area contributed by atoms with Gasteiger partial charge in [0.05, 0.1) is 10.0 Å². The molecule has 2 rings (SSSR count). The van der Waals surface area contributed by atoms with Crippen LogP contribution in [0.3, 0.4) is 0 Å². The highest BCUT2D eigenvalue weighted by molar-refractivity contribution is 9.10. The van der Waals surface area contributed by atoms with E-state index in [4.69, 9.17) is 0 Å². The summed E-state index contributed by atoms with van der Waals surface area (Å²) in [7, 11) is 1.70. The average Bonchev–Trinajstić information content (AvgIpc) is 2.42. The molecule has 98 valence electrons. The minimum absolute atomic E-state index is 0.208. The van der Waals surface area contributed by atoms with E-state index in [1.165, 1.54) is 12.1 Å². The molecule has 2 aromatic rings. The van der Waals surface area contributed by atoms with Gasteiger partial charge in [-0.1, -0.05) is 36.4 Å². The summed E-state index contributed by atoms with van der Waals surface area (Å²) in [6, 6.07) is 14.1. The van der Waals surface area contributed by atoms with Gasteiger partial charge in [0.15, 0.2) is 0 Å². The van der Waals surface area contributed by atoms with Gasteiger partial charge >= 0.3 is 0 Å². The topological polar surface area (TPSA) is 20.3 Å². The molecule has 0 aliphatic rings. The standard InChI is InChI=1S/C15H13BrFNO/c1-18(10-11-6-3-2-4-7-11)15(19)12-8-5-9-13(17)14(12)16/h2-9H,10H2,1H3. The van der Waals surface area contributed by atoms with Gasteiger partial charge in [-0.3, -0.25) is 4.79 Å². The van der Waals surface area contributed by atoms with Crippen molar-refractivity contribution in [1.82, 2.24) is 4.90 Å². The van der Waals surface area contributed by atoms with Crippen molar-refractivity contribution in [3.8, 4) is 0 Å². The van der Waals surface area contributed by atoms with Crippen molar-refractivity contribution < 1.29 is 9.18 Å². The third kappa shape index (κ3) is 3.20. The Morgan fingerprint density at radius 2 is 1.84 bits per heavy atom. The first kappa shape index (κ1) is 13.7. The SMILES string of the molecule is CN(Cc1ccccc1)C(=O)c1cccc(F)c1Br. The predicted octanol–water partition coefficient (Wildman–Crippen LogP) is 3.86. The number of halogens is 2. The zero-order valence-electron chi connectivity index (χ0n) is 10.4. The number of hydrogen-bond acceptors (Lipinski definition) is 1. The monoisotopic (exact) mass is 321 g/mol. The number of benzene rings is 2. The van der Waals surface area contributed by atoms with Crippen LogP contribution in [0.5, 0.6) is 0 Å². The molecule has 1 amide bonds. The Bertz CT molecular complexity index is 586. The van der Waals surface area contributed by atoms with Gasteiger partial charge in [-0.2, -0.15) is 0 Å². The molecule has 0 unspecified atom stereocenters. The van der Waals surface area contributed by atoms with Gasteiger partial charge in [-0.05, 0) is 33.6 Å². The van der Waals surface area contributed by atoms with Gasteiger partial charge in [0.1, 0.15) is 5.82 Å². The highest BCUT2D eigenvalue weighted by Gasteiger charge is 2.16. The summed E-state index contributed by atoms with van der Waals surface area (Å²) >= 11 is 3.11. The fraction of sp³-hybridized carbons (Fsp3) is 0.133. The predicted molar refractivity (Wildman–Crippen MR) is 76.3 cm³/mol. The fourth-order valence-electron chi connectivity index (χ4n) is 1.80. The highest BCUT2D eigenvalue weighted by Crippen LogP contribution is 2.22. The van der Waals surface area contributed by atoms with E-state index in [2.05, 4.69) is 15.9 Å². The van der Waals surface area contributed by atoms with Crippen LogP contribution >= 0.6 is 15.9 Å². The second kappa shape index (κ2) is 5.97. The number of amides is 1. The number of rotatable bonds is 3. The van der Waals surface area contributed by atoms with Crippen molar-refractivity contribution in [2.24, 2.45) is 0 Å². The lowest BCUT2D eigenvalue weighted by atomic mass is 10.1. The quantitative estimate of drug-likeness (QED) is 0.840. The van der Waals surface area contributed by atoms with Crippen LogP contribution in [-0.2, 0) is 6.54 Å². The van der Waals surface area contributed by atoms with Crippen LogP contribution in [0, 0.1) is 5.82 Å². The molecule has 0 saturated carbocycles. The van der Waals surface area contributed by atoms with E-state index in [1.54, 1.807) is 18.0 Å². The van der Waals surface area contributed by atoms with E-state index in [1.807, 2.05) is 30.3 Å². The van der Waals surface area contributed by atoms with Gasteiger partial charge in [0.2, 0.25) is 0 Å². The van der Waals surface area contributed by atoms with Crippen molar-refractivity contribution in [1.29, 1.82) is 0 Å².